The van der Waals surface area contributed by atoms with Gasteiger partial charge in [0, 0.05) is 11.1 Å². The molecule has 0 bridgehead atoms. The Bertz CT molecular complexity index is 336. The molecule has 1 amide bonds. The van der Waals surface area contributed by atoms with Gasteiger partial charge in [0.05, 0.1) is 12.5 Å². The Labute approximate surface area is 93.4 Å². The average Bonchev–Trinajstić information content (AvgIpc) is 2.50. The first-order valence-electron chi connectivity index (χ1n) is 4.89. The molecule has 1 atom stereocenters. The number of carbonyl (C=O) groups is 1. The molecule has 2 N–H and O–H groups in total. The first kappa shape index (κ1) is 12.1. The van der Waals surface area contributed by atoms with E-state index in [1.54, 1.807) is 6.20 Å². The van der Waals surface area contributed by atoms with Gasteiger partial charge < -0.3 is 10.4 Å². The number of hydrogen-bond donors (Lipinski definition) is 2. The van der Waals surface area contributed by atoms with Crippen LogP contribution >= 0.6 is 11.3 Å². The van der Waals surface area contributed by atoms with E-state index in [1.807, 2.05) is 20.8 Å². The Morgan fingerprint density at radius 3 is 2.80 bits per heavy atom. The molecule has 0 aliphatic heterocycles. The van der Waals surface area contributed by atoms with E-state index in [0.717, 1.165) is 4.88 Å². The van der Waals surface area contributed by atoms with Crippen molar-refractivity contribution in [1.82, 2.24) is 4.98 Å². The highest BCUT2D eigenvalue weighted by molar-refractivity contribution is 7.15. The number of carbonyl (C=O) groups excluding carboxylic acids is 1. The second kappa shape index (κ2) is 5.23. The van der Waals surface area contributed by atoms with Crippen LogP contribution in [0, 0.1) is 12.8 Å². The average molecular weight is 228 g/mol. The van der Waals surface area contributed by atoms with Gasteiger partial charge in [-0.3, -0.25) is 4.79 Å². The van der Waals surface area contributed by atoms with Gasteiger partial charge in [0.1, 0.15) is 0 Å². The van der Waals surface area contributed by atoms with Crippen molar-refractivity contribution in [2.45, 2.75) is 33.3 Å². The van der Waals surface area contributed by atoms with Crippen LogP contribution in [0.15, 0.2) is 6.20 Å². The summed E-state index contributed by atoms with van der Waals surface area (Å²) >= 11 is 1.43. The molecule has 1 aromatic rings. The van der Waals surface area contributed by atoms with Crippen molar-refractivity contribution in [2.24, 2.45) is 5.92 Å². The van der Waals surface area contributed by atoms with E-state index in [4.69, 9.17) is 0 Å². The molecule has 0 aliphatic carbocycles. The summed E-state index contributed by atoms with van der Waals surface area (Å²) in [7, 11) is 0. The van der Waals surface area contributed by atoms with Gasteiger partial charge in [-0.05, 0) is 12.8 Å². The summed E-state index contributed by atoms with van der Waals surface area (Å²) in [5, 5.41) is 12.8. The van der Waals surface area contributed by atoms with Gasteiger partial charge >= 0.3 is 0 Å². The van der Waals surface area contributed by atoms with Gasteiger partial charge in [-0.15, -0.1) is 11.3 Å². The fraction of sp³-hybridized carbons (Fsp3) is 0.600. The number of anilines is 1. The fourth-order valence-corrected chi connectivity index (χ4v) is 1.69. The van der Waals surface area contributed by atoms with Gasteiger partial charge in [-0.1, -0.05) is 13.8 Å². The molecule has 5 heteroatoms. The summed E-state index contributed by atoms with van der Waals surface area (Å²) < 4.78 is 0. The maximum atomic E-state index is 11.4. The topological polar surface area (TPSA) is 62.2 Å². The number of aryl methyl sites for hydroxylation is 1. The van der Waals surface area contributed by atoms with Crippen LogP contribution in [0.25, 0.3) is 0 Å². The molecule has 0 spiro atoms. The third kappa shape index (κ3) is 3.97. The summed E-state index contributed by atoms with van der Waals surface area (Å²) in [5.41, 5.74) is 0. The van der Waals surface area contributed by atoms with E-state index in [0.29, 0.717) is 5.13 Å². The standard InChI is InChI=1S/C10H16N2O2S/c1-6(2)8(13)4-9(14)12-10-11-5-7(3)15-10/h5-6,8,13H,4H2,1-3H3,(H,11,12,14). The Morgan fingerprint density at radius 2 is 2.33 bits per heavy atom. The Kier molecular flexibility index (Phi) is 4.23. The predicted molar refractivity (Wildman–Crippen MR) is 60.9 cm³/mol. The van der Waals surface area contributed by atoms with Crippen LogP contribution in [0.3, 0.4) is 0 Å². The maximum absolute atomic E-state index is 11.4. The van der Waals surface area contributed by atoms with Crippen LogP contribution in [0.2, 0.25) is 0 Å². The molecule has 0 radical (unpaired) electrons. The largest absolute Gasteiger partial charge is 0.392 e. The van der Waals surface area contributed by atoms with E-state index in [2.05, 4.69) is 10.3 Å². The third-order valence-corrected chi connectivity index (χ3v) is 2.86. The minimum Gasteiger partial charge on any atom is -0.392 e. The van der Waals surface area contributed by atoms with Crippen LogP contribution < -0.4 is 5.32 Å². The predicted octanol–water partition coefficient (Wildman–Crippen LogP) is 1.80. The molecule has 84 valence electrons. The summed E-state index contributed by atoms with van der Waals surface area (Å²) in [6.07, 6.45) is 1.24. The Balaban J connectivity index is 2.43. The lowest BCUT2D eigenvalue weighted by atomic mass is 10.0. The van der Waals surface area contributed by atoms with Crippen molar-refractivity contribution < 1.29 is 9.90 Å². The number of rotatable bonds is 4. The van der Waals surface area contributed by atoms with Crippen molar-refractivity contribution in [1.29, 1.82) is 0 Å². The normalized spacial score (nSPS) is 12.9. The smallest absolute Gasteiger partial charge is 0.228 e. The van der Waals surface area contributed by atoms with Gasteiger partial charge in [0.15, 0.2) is 5.13 Å². The molecule has 1 heterocycles. The van der Waals surface area contributed by atoms with Crippen molar-refractivity contribution in [3.63, 3.8) is 0 Å². The minimum absolute atomic E-state index is 0.0915. The molecule has 1 unspecified atom stereocenters. The van der Waals surface area contributed by atoms with E-state index in [9.17, 15) is 9.90 Å². The summed E-state index contributed by atoms with van der Waals surface area (Å²) in [6.45, 7) is 5.69. The SMILES string of the molecule is Cc1cnc(NC(=O)CC(O)C(C)C)s1. The zero-order chi connectivity index (χ0) is 11.4. The summed E-state index contributed by atoms with van der Waals surface area (Å²) in [5.74, 6) is -0.0978. The van der Waals surface area contributed by atoms with Crippen LogP contribution in [0.5, 0.6) is 0 Å². The summed E-state index contributed by atoms with van der Waals surface area (Å²) in [6, 6.07) is 0. The molecule has 0 saturated heterocycles. The maximum Gasteiger partial charge on any atom is 0.228 e. The molecular formula is C10H16N2O2S. The van der Waals surface area contributed by atoms with Crippen LogP contribution in [-0.2, 0) is 4.79 Å². The third-order valence-electron chi connectivity index (χ3n) is 2.03. The number of aliphatic hydroxyl groups excluding tert-OH is 1. The molecule has 0 saturated carbocycles. The van der Waals surface area contributed by atoms with Crippen molar-refractivity contribution in [3.05, 3.63) is 11.1 Å². The zero-order valence-electron chi connectivity index (χ0n) is 9.15. The van der Waals surface area contributed by atoms with Gasteiger partial charge in [-0.25, -0.2) is 4.98 Å². The van der Waals surface area contributed by atoms with Crippen LogP contribution in [-0.4, -0.2) is 22.1 Å². The lowest BCUT2D eigenvalue weighted by Crippen LogP contribution is -2.23. The second-order valence-electron chi connectivity index (χ2n) is 3.84. The molecule has 0 aromatic carbocycles. The number of amides is 1. The highest BCUT2D eigenvalue weighted by Crippen LogP contribution is 2.17. The number of aromatic nitrogens is 1. The fourth-order valence-electron chi connectivity index (χ4n) is 1.01. The highest BCUT2D eigenvalue weighted by atomic mass is 32.1. The van der Waals surface area contributed by atoms with E-state index in [-0.39, 0.29) is 18.2 Å². The van der Waals surface area contributed by atoms with Crippen molar-refractivity contribution >= 4 is 22.4 Å². The second-order valence-corrected chi connectivity index (χ2v) is 5.07. The van der Waals surface area contributed by atoms with Crippen molar-refractivity contribution in [2.75, 3.05) is 5.32 Å². The Morgan fingerprint density at radius 1 is 1.67 bits per heavy atom. The van der Waals surface area contributed by atoms with Gasteiger partial charge in [0.2, 0.25) is 5.91 Å². The number of thiazole rings is 1. The van der Waals surface area contributed by atoms with Crippen LogP contribution in [0.4, 0.5) is 5.13 Å². The number of nitrogens with one attached hydrogen (secondary N) is 1. The first-order valence-corrected chi connectivity index (χ1v) is 5.71. The number of aliphatic hydroxyl groups is 1. The quantitative estimate of drug-likeness (QED) is 0.826. The molecule has 1 rings (SSSR count). The molecule has 15 heavy (non-hydrogen) atoms. The molecule has 1 aromatic heterocycles. The Hall–Kier alpha value is -0.940. The lowest BCUT2D eigenvalue weighted by molar-refractivity contribution is -0.118. The van der Waals surface area contributed by atoms with E-state index >= 15 is 0 Å². The van der Waals surface area contributed by atoms with E-state index < -0.39 is 6.10 Å². The van der Waals surface area contributed by atoms with Crippen molar-refractivity contribution in [3.8, 4) is 0 Å². The minimum atomic E-state index is -0.592. The number of nitrogens with zero attached hydrogens (tertiary/aromatic N) is 1. The number of hydrogen-bond acceptors (Lipinski definition) is 4. The lowest BCUT2D eigenvalue weighted by Gasteiger charge is -2.12. The zero-order valence-corrected chi connectivity index (χ0v) is 9.97. The van der Waals surface area contributed by atoms with E-state index in [1.165, 1.54) is 11.3 Å². The summed E-state index contributed by atoms with van der Waals surface area (Å²) in [4.78, 5) is 16.5. The van der Waals surface area contributed by atoms with Gasteiger partial charge in [0.25, 0.3) is 0 Å². The molecule has 4 nitrogen and oxygen atoms in total. The van der Waals surface area contributed by atoms with Crippen LogP contribution in [0.1, 0.15) is 25.1 Å². The molecular weight excluding hydrogens is 212 g/mol. The van der Waals surface area contributed by atoms with Gasteiger partial charge in [-0.2, -0.15) is 0 Å². The first-order chi connectivity index (χ1) is 6.99. The highest BCUT2D eigenvalue weighted by Gasteiger charge is 2.14. The molecule has 0 aliphatic rings. The monoisotopic (exact) mass is 228 g/mol. The molecule has 0 fully saturated rings.